The standard InChI is InChI=1S/C21H18ClN5O2S/c1-29-18-6-4-5-17(13-18)23-19(28)14-26-21(30)27(25-11-2-3-12-25)20(24-26)15-7-9-16(22)10-8-15/h2-13H,14H2,1H3,(H,23,28). The second-order valence-corrected chi connectivity index (χ2v) is 7.23. The fraction of sp³-hybridized carbons (Fsp3) is 0.0952. The van der Waals surface area contributed by atoms with E-state index >= 15 is 0 Å². The Bertz CT molecular complexity index is 1230. The van der Waals surface area contributed by atoms with Gasteiger partial charge in [-0.15, -0.1) is 5.10 Å². The molecule has 0 bridgehead atoms. The number of methoxy groups -OCH3 is 1. The molecule has 0 radical (unpaired) electrons. The molecule has 0 atom stereocenters. The highest BCUT2D eigenvalue weighted by molar-refractivity contribution is 7.71. The van der Waals surface area contributed by atoms with Gasteiger partial charge in [0.25, 0.3) is 0 Å². The first-order valence-electron chi connectivity index (χ1n) is 9.08. The number of benzene rings is 2. The van der Waals surface area contributed by atoms with E-state index < -0.39 is 0 Å². The lowest BCUT2D eigenvalue weighted by Crippen LogP contribution is -2.20. The normalized spacial score (nSPS) is 10.7. The predicted molar refractivity (Wildman–Crippen MR) is 118 cm³/mol. The van der Waals surface area contributed by atoms with Gasteiger partial charge in [0, 0.05) is 34.7 Å². The summed E-state index contributed by atoms with van der Waals surface area (Å²) in [4.78, 5) is 12.6. The molecule has 2 heterocycles. The van der Waals surface area contributed by atoms with E-state index in [1.807, 2.05) is 47.4 Å². The van der Waals surface area contributed by atoms with E-state index in [4.69, 9.17) is 28.6 Å². The van der Waals surface area contributed by atoms with Crippen molar-refractivity contribution in [3.8, 4) is 17.1 Å². The number of rotatable bonds is 6. The van der Waals surface area contributed by atoms with Crippen molar-refractivity contribution in [1.29, 1.82) is 0 Å². The van der Waals surface area contributed by atoms with E-state index in [2.05, 4.69) is 10.4 Å². The van der Waals surface area contributed by atoms with Gasteiger partial charge in [0.05, 0.1) is 7.11 Å². The van der Waals surface area contributed by atoms with Crippen molar-refractivity contribution < 1.29 is 9.53 Å². The number of nitrogens with zero attached hydrogens (tertiary/aromatic N) is 4. The summed E-state index contributed by atoms with van der Waals surface area (Å²) in [6.45, 7) is -0.0368. The van der Waals surface area contributed by atoms with Crippen molar-refractivity contribution in [1.82, 2.24) is 19.1 Å². The third kappa shape index (κ3) is 4.14. The van der Waals surface area contributed by atoms with Gasteiger partial charge in [0.2, 0.25) is 10.7 Å². The second-order valence-electron chi connectivity index (χ2n) is 6.43. The molecule has 1 amide bonds. The number of ether oxygens (including phenoxy) is 1. The van der Waals surface area contributed by atoms with Crippen molar-refractivity contribution in [2.75, 3.05) is 12.4 Å². The number of hydrogen-bond donors (Lipinski definition) is 1. The van der Waals surface area contributed by atoms with Gasteiger partial charge in [-0.1, -0.05) is 17.7 Å². The fourth-order valence-electron chi connectivity index (χ4n) is 2.99. The monoisotopic (exact) mass is 439 g/mol. The third-order valence-electron chi connectivity index (χ3n) is 4.39. The van der Waals surface area contributed by atoms with Crippen LogP contribution in [0.1, 0.15) is 0 Å². The summed E-state index contributed by atoms with van der Waals surface area (Å²) in [5, 5.41) is 8.08. The number of amides is 1. The van der Waals surface area contributed by atoms with Crippen LogP contribution in [0.2, 0.25) is 5.02 Å². The van der Waals surface area contributed by atoms with Crippen LogP contribution in [0.4, 0.5) is 5.69 Å². The average molecular weight is 440 g/mol. The molecule has 2 aromatic carbocycles. The lowest BCUT2D eigenvalue weighted by atomic mass is 10.2. The zero-order valence-electron chi connectivity index (χ0n) is 16.0. The minimum absolute atomic E-state index is 0.0368. The van der Waals surface area contributed by atoms with Gasteiger partial charge >= 0.3 is 0 Å². The quantitative estimate of drug-likeness (QED) is 0.449. The highest BCUT2D eigenvalue weighted by Gasteiger charge is 2.16. The molecule has 9 heteroatoms. The zero-order chi connectivity index (χ0) is 21.1. The van der Waals surface area contributed by atoms with Crippen LogP contribution in [0, 0.1) is 4.77 Å². The average Bonchev–Trinajstić information content (AvgIpc) is 3.37. The molecular weight excluding hydrogens is 422 g/mol. The van der Waals surface area contributed by atoms with Crippen LogP contribution >= 0.6 is 23.8 Å². The SMILES string of the molecule is COc1cccc(NC(=O)Cn2nc(-c3ccc(Cl)cc3)n(-n3cccc3)c2=S)c1. The minimum Gasteiger partial charge on any atom is -0.497 e. The second kappa shape index (κ2) is 8.56. The Kier molecular flexibility index (Phi) is 5.69. The smallest absolute Gasteiger partial charge is 0.246 e. The summed E-state index contributed by atoms with van der Waals surface area (Å²) < 4.78 is 10.6. The molecular formula is C21H18ClN5O2S. The summed E-state index contributed by atoms with van der Waals surface area (Å²) in [6.07, 6.45) is 3.72. The first-order valence-corrected chi connectivity index (χ1v) is 9.87. The molecule has 7 nitrogen and oxygen atoms in total. The van der Waals surface area contributed by atoms with Crippen molar-refractivity contribution in [2.24, 2.45) is 0 Å². The Morgan fingerprint density at radius 1 is 1.13 bits per heavy atom. The molecule has 152 valence electrons. The molecule has 0 unspecified atom stereocenters. The Labute approximate surface area is 183 Å². The number of anilines is 1. The molecule has 0 saturated heterocycles. The Hall–Kier alpha value is -3.36. The molecule has 2 aromatic heterocycles. The van der Waals surface area contributed by atoms with Gasteiger partial charge in [-0.05, 0) is 60.7 Å². The summed E-state index contributed by atoms with van der Waals surface area (Å²) in [7, 11) is 1.58. The highest BCUT2D eigenvalue weighted by atomic mass is 35.5. The van der Waals surface area contributed by atoms with E-state index in [0.29, 0.717) is 27.1 Å². The highest BCUT2D eigenvalue weighted by Crippen LogP contribution is 2.22. The molecule has 0 spiro atoms. The van der Waals surface area contributed by atoms with E-state index in [-0.39, 0.29) is 12.5 Å². The fourth-order valence-corrected chi connectivity index (χ4v) is 3.40. The van der Waals surface area contributed by atoms with E-state index in [0.717, 1.165) is 5.56 Å². The Morgan fingerprint density at radius 2 is 1.87 bits per heavy atom. The summed E-state index contributed by atoms with van der Waals surface area (Å²) >= 11 is 11.6. The maximum Gasteiger partial charge on any atom is 0.246 e. The molecule has 0 aliphatic carbocycles. The molecule has 30 heavy (non-hydrogen) atoms. The minimum atomic E-state index is -0.251. The number of carbonyl (C=O) groups excluding carboxylic acids is 1. The van der Waals surface area contributed by atoms with Gasteiger partial charge in [-0.25, -0.2) is 9.36 Å². The van der Waals surface area contributed by atoms with Crippen molar-refractivity contribution in [3.05, 3.63) is 82.9 Å². The summed E-state index contributed by atoms with van der Waals surface area (Å²) in [5.74, 6) is 1.01. The van der Waals surface area contributed by atoms with Crippen LogP contribution in [0.25, 0.3) is 11.4 Å². The molecule has 1 N–H and O–H groups in total. The van der Waals surface area contributed by atoms with Crippen LogP contribution < -0.4 is 10.1 Å². The first kappa shape index (κ1) is 19.9. The van der Waals surface area contributed by atoms with E-state index in [1.165, 1.54) is 4.68 Å². The van der Waals surface area contributed by atoms with Crippen LogP contribution in [0.3, 0.4) is 0 Å². The van der Waals surface area contributed by atoms with Crippen LogP contribution in [-0.4, -0.2) is 32.1 Å². The topological polar surface area (TPSA) is 66.0 Å². The van der Waals surface area contributed by atoms with Gasteiger partial charge in [0.1, 0.15) is 12.3 Å². The zero-order valence-corrected chi connectivity index (χ0v) is 17.6. The van der Waals surface area contributed by atoms with Crippen molar-refractivity contribution in [3.63, 3.8) is 0 Å². The van der Waals surface area contributed by atoms with Crippen LogP contribution in [-0.2, 0) is 11.3 Å². The first-order chi connectivity index (χ1) is 14.5. The number of nitrogens with one attached hydrogen (secondary N) is 1. The summed E-state index contributed by atoms with van der Waals surface area (Å²) in [6, 6.07) is 18.2. The maximum atomic E-state index is 12.6. The van der Waals surface area contributed by atoms with Crippen molar-refractivity contribution >= 4 is 35.4 Å². The number of hydrogen-bond acceptors (Lipinski definition) is 4. The number of carbonyl (C=O) groups is 1. The van der Waals surface area contributed by atoms with Crippen molar-refractivity contribution in [2.45, 2.75) is 6.54 Å². The predicted octanol–water partition coefficient (Wildman–Crippen LogP) is 4.49. The molecule has 0 aliphatic rings. The maximum absolute atomic E-state index is 12.6. The van der Waals surface area contributed by atoms with E-state index in [1.54, 1.807) is 42.1 Å². The van der Waals surface area contributed by atoms with Gasteiger partial charge in [0.15, 0.2) is 5.82 Å². The summed E-state index contributed by atoms with van der Waals surface area (Å²) in [5.41, 5.74) is 1.46. The van der Waals surface area contributed by atoms with Crippen LogP contribution in [0.15, 0.2) is 73.1 Å². The van der Waals surface area contributed by atoms with E-state index in [9.17, 15) is 4.79 Å². The third-order valence-corrected chi connectivity index (χ3v) is 5.02. The van der Waals surface area contributed by atoms with Gasteiger partial charge < -0.3 is 10.1 Å². The van der Waals surface area contributed by atoms with Gasteiger partial charge in [-0.2, -0.15) is 0 Å². The molecule has 0 aliphatic heterocycles. The number of aromatic nitrogens is 4. The lowest BCUT2D eigenvalue weighted by molar-refractivity contribution is -0.116. The number of halogens is 1. The molecule has 0 saturated carbocycles. The van der Waals surface area contributed by atoms with Gasteiger partial charge in [-0.3, -0.25) is 9.47 Å². The Morgan fingerprint density at radius 3 is 2.57 bits per heavy atom. The molecule has 0 fully saturated rings. The molecule has 4 rings (SSSR count). The Balaban J connectivity index is 1.66. The lowest BCUT2D eigenvalue weighted by Gasteiger charge is -2.08. The van der Waals surface area contributed by atoms with Crippen LogP contribution in [0.5, 0.6) is 5.75 Å². The molecule has 4 aromatic rings. The largest absolute Gasteiger partial charge is 0.497 e.